The van der Waals surface area contributed by atoms with Gasteiger partial charge in [0.15, 0.2) is 5.75 Å². The molecule has 0 aliphatic rings. The lowest BCUT2D eigenvalue weighted by Gasteiger charge is -2.26. The van der Waals surface area contributed by atoms with Crippen LogP contribution in [0.25, 0.3) is 0 Å². The van der Waals surface area contributed by atoms with Gasteiger partial charge in [0.05, 0.1) is 13.3 Å². The van der Waals surface area contributed by atoms with Crippen LogP contribution in [0.4, 0.5) is 0 Å². The van der Waals surface area contributed by atoms with Gasteiger partial charge >= 0.3 is 0 Å². The van der Waals surface area contributed by atoms with Crippen molar-refractivity contribution >= 4 is 0 Å². The highest BCUT2D eigenvalue weighted by Crippen LogP contribution is 2.33. The van der Waals surface area contributed by atoms with E-state index in [1.807, 2.05) is 13.8 Å². The third-order valence-corrected chi connectivity index (χ3v) is 2.77. The van der Waals surface area contributed by atoms with E-state index in [0.29, 0.717) is 24.5 Å². The third-order valence-electron chi connectivity index (χ3n) is 2.77. The van der Waals surface area contributed by atoms with Gasteiger partial charge in [-0.15, -0.1) is 0 Å². The van der Waals surface area contributed by atoms with Gasteiger partial charge in [0.25, 0.3) is 0 Å². The molecule has 1 atom stereocenters. The first-order valence-electron chi connectivity index (χ1n) is 5.77. The van der Waals surface area contributed by atoms with Crippen LogP contribution in [0.5, 0.6) is 5.75 Å². The molecular formula is C12H22N2O3. The maximum Gasteiger partial charge on any atom is 0.162 e. The predicted molar refractivity (Wildman–Crippen MR) is 65.2 cm³/mol. The normalized spacial score (nSPS) is 15.0. The summed E-state index contributed by atoms with van der Waals surface area (Å²) in [6, 6.07) is 0.169. The summed E-state index contributed by atoms with van der Waals surface area (Å²) < 4.78 is 12.1. The van der Waals surface area contributed by atoms with E-state index in [1.165, 1.54) is 0 Å². The quantitative estimate of drug-likeness (QED) is 0.825. The van der Waals surface area contributed by atoms with Crippen molar-refractivity contribution in [3.63, 3.8) is 0 Å². The lowest BCUT2D eigenvalue weighted by Crippen LogP contribution is -2.28. The Bertz CT molecular complexity index is 359. The maximum atomic E-state index is 10.5. The molecule has 1 heterocycles. The fraction of sp³-hybridized carbons (Fsp3) is 0.750. The van der Waals surface area contributed by atoms with Gasteiger partial charge < -0.3 is 14.6 Å². The van der Waals surface area contributed by atoms with Crippen LogP contribution in [0, 0.1) is 0 Å². The second kappa shape index (κ2) is 5.51. The van der Waals surface area contributed by atoms with Crippen molar-refractivity contribution in [3.05, 3.63) is 11.9 Å². The number of aliphatic hydroxyl groups is 1. The monoisotopic (exact) mass is 242 g/mol. The number of hydrogen-bond donors (Lipinski definition) is 1. The molecule has 98 valence electrons. The number of ether oxygens (including phenoxy) is 2. The molecule has 0 saturated carbocycles. The third kappa shape index (κ3) is 2.98. The number of hydrogen-bond acceptors (Lipinski definition) is 4. The topological polar surface area (TPSA) is 56.5 Å². The number of nitrogens with zero attached hydrogens (tertiary/aromatic N) is 2. The molecule has 0 spiro atoms. The second-order valence-electron chi connectivity index (χ2n) is 4.62. The van der Waals surface area contributed by atoms with Gasteiger partial charge in [-0.05, 0) is 20.8 Å². The Morgan fingerprint density at radius 3 is 2.59 bits per heavy atom. The van der Waals surface area contributed by atoms with Crippen LogP contribution in [0.2, 0.25) is 0 Å². The minimum atomic E-state index is -1.01. The maximum absolute atomic E-state index is 10.5. The van der Waals surface area contributed by atoms with Crippen LogP contribution < -0.4 is 4.74 Å². The largest absolute Gasteiger partial charge is 0.493 e. The molecule has 0 saturated heterocycles. The summed E-state index contributed by atoms with van der Waals surface area (Å²) in [4.78, 5) is 0. The first-order chi connectivity index (χ1) is 7.94. The molecule has 1 rings (SSSR count). The Kier molecular flexibility index (Phi) is 4.54. The summed E-state index contributed by atoms with van der Waals surface area (Å²) in [7, 11) is 3.20. The van der Waals surface area contributed by atoms with E-state index in [4.69, 9.17) is 9.47 Å². The Morgan fingerprint density at radius 1 is 1.47 bits per heavy atom. The van der Waals surface area contributed by atoms with Crippen molar-refractivity contribution in [3.8, 4) is 5.75 Å². The molecule has 1 aromatic heterocycles. The fourth-order valence-electron chi connectivity index (χ4n) is 1.82. The molecule has 1 aromatic rings. The summed E-state index contributed by atoms with van der Waals surface area (Å²) in [6.45, 7) is 6.27. The zero-order chi connectivity index (χ0) is 13.1. The molecule has 17 heavy (non-hydrogen) atoms. The molecule has 0 aliphatic carbocycles. The molecule has 0 amide bonds. The molecule has 0 aliphatic heterocycles. The summed E-state index contributed by atoms with van der Waals surface area (Å²) in [5.41, 5.74) is -0.311. The zero-order valence-electron chi connectivity index (χ0n) is 11.2. The van der Waals surface area contributed by atoms with Crippen molar-refractivity contribution in [2.24, 2.45) is 0 Å². The standard InChI is InChI=1S/C12H22N2O3/c1-9(2)14-11(10(17-5)8-13-14)12(3,15)6-7-16-4/h8-9,15H,6-7H2,1-5H3. The first-order valence-corrected chi connectivity index (χ1v) is 5.77. The molecule has 0 aromatic carbocycles. The lowest BCUT2D eigenvalue weighted by molar-refractivity contribution is 0.0106. The molecule has 5 nitrogen and oxygen atoms in total. The van der Waals surface area contributed by atoms with Gasteiger partial charge in [0.1, 0.15) is 11.3 Å². The van der Waals surface area contributed by atoms with Gasteiger partial charge in [-0.1, -0.05) is 0 Å². The van der Waals surface area contributed by atoms with Crippen LogP contribution in [0.1, 0.15) is 38.9 Å². The van der Waals surface area contributed by atoms with Gasteiger partial charge in [-0.25, -0.2) is 0 Å². The summed E-state index contributed by atoms with van der Waals surface area (Å²) in [5.74, 6) is 0.611. The van der Waals surface area contributed by atoms with Gasteiger partial charge in [-0.2, -0.15) is 5.10 Å². The molecular weight excluding hydrogens is 220 g/mol. The molecule has 0 fully saturated rings. The minimum Gasteiger partial charge on any atom is -0.493 e. The van der Waals surface area contributed by atoms with Crippen molar-refractivity contribution in [1.29, 1.82) is 0 Å². The fourth-order valence-corrected chi connectivity index (χ4v) is 1.82. The molecule has 0 bridgehead atoms. The number of aromatic nitrogens is 2. The second-order valence-corrected chi connectivity index (χ2v) is 4.62. The summed E-state index contributed by atoms with van der Waals surface area (Å²) in [5, 5.41) is 14.8. The van der Waals surface area contributed by atoms with Crippen LogP contribution in [0.3, 0.4) is 0 Å². The average Bonchev–Trinajstić information content (AvgIpc) is 2.70. The SMILES string of the molecule is COCCC(C)(O)c1c(OC)cnn1C(C)C. The highest BCUT2D eigenvalue weighted by molar-refractivity contribution is 5.30. The van der Waals surface area contributed by atoms with Crippen LogP contribution in [-0.4, -0.2) is 35.7 Å². The van der Waals surface area contributed by atoms with E-state index >= 15 is 0 Å². The van der Waals surface area contributed by atoms with E-state index in [1.54, 1.807) is 32.0 Å². The Labute approximate surface area is 102 Å². The van der Waals surface area contributed by atoms with E-state index in [0.717, 1.165) is 0 Å². The highest BCUT2D eigenvalue weighted by Gasteiger charge is 2.32. The Balaban J connectivity index is 3.12. The average molecular weight is 242 g/mol. The number of rotatable bonds is 6. The summed E-state index contributed by atoms with van der Waals surface area (Å²) >= 11 is 0. The van der Waals surface area contributed by atoms with E-state index in [9.17, 15) is 5.11 Å². The summed E-state index contributed by atoms with van der Waals surface area (Å²) in [6.07, 6.45) is 2.13. The predicted octanol–water partition coefficient (Wildman–Crippen LogP) is 1.72. The van der Waals surface area contributed by atoms with Crippen molar-refractivity contribution in [2.75, 3.05) is 20.8 Å². The first kappa shape index (κ1) is 14.0. The molecule has 1 N–H and O–H groups in total. The van der Waals surface area contributed by atoms with Crippen LogP contribution in [0.15, 0.2) is 6.20 Å². The van der Waals surface area contributed by atoms with E-state index in [2.05, 4.69) is 5.10 Å². The molecule has 1 unspecified atom stereocenters. The van der Waals surface area contributed by atoms with Crippen LogP contribution >= 0.6 is 0 Å². The van der Waals surface area contributed by atoms with Crippen molar-refractivity contribution in [1.82, 2.24) is 9.78 Å². The van der Waals surface area contributed by atoms with Gasteiger partial charge in [0, 0.05) is 26.2 Å². The van der Waals surface area contributed by atoms with Gasteiger partial charge in [0.2, 0.25) is 0 Å². The van der Waals surface area contributed by atoms with Crippen LogP contribution in [-0.2, 0) is 10.3 Å². The smallest absolute Gasteiger partial charge is 0.162 e. The van der Waals surface area contributed by atoms with Crippen molar-refractivity contribution in [2.45, 2.75) is 38.8 Å². The molecule has 5 heteroatoms. The highest BCUT2D eigenvalue weighted by atomic mass is 16.5. The van der Waals surface area contributed by atoms with E-state index in [-0.39, 0.29) is 6.04 Å². The number of methoxy groups -OCH3 is 2. The minimum absolute atomic E-state index is 0.169. The van der Waals surface area contributed by atoms with E-state index < -0.39 is 5.60 Å². The molecule has 0 radical (unpaired) electrons. The van der Waals surface area contributed by atoms with Gasteiger partial charge in [-0.3, -0.25) is 4.68 Å². The lowest BCUT2D eigenvalue weighted by atomic mass is 9.97. The zero-order valence-corrected chi connectivity index (χ0v) is 11.2. The Morgan fingerprint density at radius 2 is 2.12 bits per heavy atom. The van der Waals surface area contributed by atoms with Crippen molar-refractivity contribution < 1.29 is 14.6 Å². The Hall–Kier alpha value is -1.07.